The number of carbonyl (C=O) groups is 1. The molecule has 7 heteroatoms. The van der Waals surface area contributed by atoms with Gasteiger partial charge in [0.1, 0.15) is 5.54 Å². The fraction of sp³-hybridized carbons (Fsp3) is 0.333. The zero-order chi connectivity index (χ0) is 14.8. The van der Waals surface area contributed by atoms with E-state index >= 15 is 0 Å². The van der Waals surface area contributed by atoms with Crippen LogP contribution in [-0.4, -0.2) is 11.4 Å². The molecule has 0 aliphatic carbocycles. The molecule has 0 unspecified atom stereocenters. The van der Waals surface area contributed by atoms with Crippen LogP contribution in [0.2, 0.25) is 0 Å². The molecule has 4 nitrogen and oxygen atoms in total. The van der Waals surface area contributed by atoms with Crippen molar-refractivity contribution in [3.8, 4) is 6.07 Å². The molecule has 0 radical (unpaired) electrons. The molecule has 19 heavy (non-hydrogen) atoms. The Morgan fingerprint density at radius 3 is 2.37 bits per heavy atom. The van der Waals surface area contributed by atoms with E-state index in [1.165, 1.54) is 19.9 Å². The summed E-state index contributed by atoms with van der Waals surface area (Å²) in [5.74, 6) is -0.661. The Kier molecular flexibility index (Phi) is 3.75. The number of nitrogens with two attached hydrogens (primary N) is 1. The summed E-state index contributed by atoms with van der Waals surface area (Å²) in [6.45, 7) is 2.97. The zero-order valence-corrected chi connectivity index (χ0v) is 10.3. The number of halogens is 3. The molecule has 0 fully saturated rings. The van der Waals surface area contributed by atoms with Gasteiger partial charge in [-0.3, -0.25) is 4.79 Å². The quantitative estimate of drug-likeness (QED) is 0.885. The first-order chi connectivity index (χ1) is 8.58. The number of nitriles is 1. The van der Waals surface area contributed by atoms with Crippen LogP contribution in [0.25, 0.3) is 0 Å². The average Bonchev–Trinajstić information content (AvgIpc) is 2.26. The summed E-state index contributed by atoms with van der Waals surface area (Å²) in [6, 6.07) is 4.45. The highest BCUT2D eigenvalue weighted by Crippen LogP contribution is 2.33. The molecule has 1 amide bonds. The lowest BCUT2D eigenvalue weighted by molar-refractivity contribution is -0.137. The maximum atomic E-state index is 12.6. The Hall–Kier alpha value is -2.23. The number of hydrogen-bond acceptors (Lipinski definition) is 3. The minimum absolute atomic E-state index is 0.216. The molecule has 3 N–H and O–H groups in total. The highest BCUT2D eigenvalue weighted by molar-refractivity contribution is 5.87. The lowest BCUT2D eigenvalue weighted by atomic mass is 10.0. The van der Waals surface area contributed by atoms with Crippen molar-refractivity contribution < 1.29 is 18.0 Å². The van der Waals surface area contributed by atoms with Crippen molar-refractivity contribution in [3.63, 3.8) is 0 Å². The van der Waals surface area contributed by atoms with E-state index in [9.17, 15) is 18.0 Å². The number of nitrogens with one attached hydrogen (secondary N) is 1. The molecule has 0 saturated carbocycles. The maximum Gasteiger partial charge on any atom is 0.417 e. The second kappa shape index (κ2) is 4.80. The van der Waals surface area contributed by atoms with E-state index in [0.717, 1.165) is 18.2 Å². The predicted molar refractivity (Wildman–Crippen MR) is 63.1 cm³/mol. The van der Waals surface area contributed by atoms with Crippen LogP contribution in [0.1, 0.15) is 25.0 Å². The number of benzene rings is 1. The van der Waals surface area contributed by atoms with E-state index in [2.05, 4.69) is 5.32 Å². The largest absolute Gasteiger partial charge is 0.417 e. The van der Waals surface area contributed by atoms with Gasteiger partial charge in [0.05, 0.1) is 17.2 Å². The van der Waals surface area contributed by atoms with E-state index in [-0.39, 0.29) is 5.69 Å². The first-order valence-corrected chi connectivity index (χ1v) is 5.27. The Labute approximate surface area is 108 Å². The van der Waals surface area contributed by atoms with Gasteiger partial charge in [-0.25, -0.2) is 0 Å². The summed E-state index contributed by atoms with van der Waals surface area (Å²) in [7, 11) is 0. The minimum atomic E-state index is -4.59. The number of rotatable bonds is 3. The smallest absolute Gasteiger partial charge is 0.372 e. The van der Waals surface area contributed by atoms with Crippen LogP contribution in [0.3, 0.4) is 0 Å². The monoisotopic (exact) mass is 271 g/mol. The van der Waals surface area contributed by atoms with Crippen LogP contribution in [0.5, 0.6) is 0 Å². The Morgan fingerprint density at radius 2 is 1.95 bits per heavy atom. The van der Waals surface area contributed by atoms with Crippen molar-refractivity contribution in [2.45, 2.75) is 25.6 Å². The molecule has 0 spiro atoms. The van der Waals surface area contributed by atoms with Crippen molar-refractivity contribution in [1.29, 1.82) is 5.26 Å². The van der Waals surface area contributed by atoms with Crippen LogP contribution >= 0.6 is 0 Å². The molecule has 102 valence electrons. The molecular weight excluding hydrogens is 259 g/mol. The zero-order valence-electron chi connectivity index (χ0n) is 10.3. The van der Waals surface area contributed by atoms with Gasteiger partial charge in [-0.05, 0) is 32.0 Å². The first-order valence-electron chi connectivity index (χ1n) is 5.27. The summed E-state index contributed by atoms with van der Waals surface area (Å²) < 4.78 is 37.8. The summed E-state index contributed by atoms with van der Waals surface area (Å²) in [5, 5.41) is 11.4. The van der Waals surface area contributed by atoms with Gasteiger partial charge in [0.15, 0.2) is 0 Å². The van der Waals surface area contributed by atoms with Gasteiger partial charge >= 0.3 is 6.18 Å². The maximum absolute atomic E-state index is 12.6. The highest BCUT2D eigenvalue weighted by Gasteiger charge is 2.34. The standard InChI is InChI=1S/C12H12F3N3O/c1-11(2,10(17)19)18-8-3-4-9(12(13,14)15)7(5-8)6-16/h3-5,18H,1-2H3,(H2,17,19). The minimum Gasteiger partial charge on any atom is -0.372 e. The number of nitrogens with zero attached hydrogens (tertiary/aromatic N) is 1. The van der Waals surface area contributed by atoms with E-state index in [1.54, 1.807) is 0 Å². The van der Waals surface area contributed by atoms with Gasteiger partial charge in [0, 0.05) is 5.69 Å². The average molecular weight is 271 g/mol. The Morgan fingerprint density at radius 1 is 1.37 bits per heavy atom. The lowest BCUT2D eigenvalue weighted by Crippen LogP contribution is -2.45. The van der Waals surface area contributed by atoms with Crippen molar-refractivity contribution in [3.05, 3.63) is 29.3 Å². The lowest BCUT2D eigenvalue weighted by Gasteiger charge is -2.24. The van der Waals surface area contributed by atoms with E-state index in [0.29, 0.717) is 0 Å². The summed E-state index contributed by atoms with van der Waals surface area (Å²) in [6.07, 6.45) is -4.59. The van der Waals surface area contributed by atoms with Gasteiger partial charge in [-0.15, -0.1) is 0 Å². The van der Waals surface area contributed by atoms with Gasteiger partial charge in [0.25, 0.3) is 0 Å². The first kappa shape index (κ1) is 14.8. The van der Waals surface area contributed by atoms with Crippen molar-refractivity contribution in [2.24, 2.45) is 5.73 Å². The molecule has 0 aromatic heterocycles. The summed E-state index contributed by atoms with van der Waals surface area (Å²) in [5.41, 5.74) is 2.69. The molecule has 1 rings (SSSR count). The van der Waals surface area contributed by atoms with Crippen LogP contribution in [0, 0.1) is 11.3 Å². The molecule has 0 bridgehead atoms. The second-order valence-electron chi connectivity index (χ2n) is 4.48. The number of anilines is 1. The van der Waals surface area contributed by atoms with Gasteiger partial charge in [-0.2, -0.15) is 18.4 Å². The van der Waals surface area contributed by atoms with E-state index in [4.69, 9.17) is 11.0 Å². The van der Waals surface area contributed by atoms with Crippen LogP contribution in [0.4, 0.5) is 18.9 Å². The summed E-state index contributed by atoms with van der Waals surface area (Å²) in [4.78, 5) is 11.1. The van der Waals surface area contributed by atoms with Crippen molar-refractivity contribution in [2.75, 3.05) is 5.32 Å². The fourth-order valence-electron chi connectivity index (χ4n) is 1.38. The number of amides is 1. The number of hydrogen-bond donors (Lipinski definition) is 2. The topological polar surface area (TPSA) is 78.9 Å². The van der Waals surface area contributed by atoms with Crippen LogP contribution < -0.4 is 11.1 Å². The summed E-state index contributed by atoms with van der Waals surface area (Å²) >= 11 is 0. The number of carbonyl (C=O) groups excluding carboxylic acids is 1. The third-order valence-corrected chi connectivity index (χ3v) is 2.52. The third-order valence-electron chi connectivity index (χ3n) is 2.52. The molecule has 0 aliphatic rings. The van der Waals surface area contributed by atoms with Gasteiger partial charge < -0.3 is 11.1 Å². The van der Waals surface area contributed by atoms with E-state index < -0.39 is 28.7 Å². The highest BCUT2D eigenvalue weighted by atomic mass is 19.4. The number of alkyl halides is 3. The van der Waals surface area contributed by atoms with Crippen molar-refractivity contribution >= 4 is 11.6 Å². The second-order valence-corrected chi connectivity index (χ2v) is 4.48. The number of primary amides is 1. The molecule has 1 aromatic rings. The molecular formula is C12H12F3N3O. The van der Waals surface area contributed by atoms with Crippen molar-refractivity contribution in [1.82, 2.24) is 0 Å². The molecule has 1 aromatic carbocycles. The predicted octanol–water partition coefficient (Wildman–Crippen LogP) is 2.25. The normalized spacial score (nSPS) is 11.8. The molecule has 0 heterocycles. The molecule has 0 aliphatic heterocycles. The molecule has 0 atom stereocenters. The fourth-order valence-corrected chi connectivity index (χ4v) is 1.38. The van der Waals surface area contributed by atoms with Crippen LogP contribution in [0.15, 0.2) is 18.2 Å². The Balaban J connectivity index is 3.16. The molecule has 0 saturated heterocycles. The third kappa shape index (κ3) is 3.37. The van der Waals surface area contributed by atoms with Crippen LogP contribution in [-0.2, 0) is 11.0 Å². The Bertz CT molecular complexity index is 544. The SMILES string of the molecule is CC(C)(Nc1ccc(C(F)(F)F)c(C#N)c1)C(N)=O. The van der Waals surface area contributed by atoms with Gasteiger partial charge in [-0.1, -0.05) is 0 Å². The van der Waals surface area contributed by atoms with Gasteiger partial charge in [0.2, 0.25) is 5.91 Å². The van der Waals surface area contributed by atoms with E-state index in [1.807, 2.05) is 0 Å².